The molecule has 0 aliphatic carbocycles. The van der Waals surface area contributed by atoms with Gasteiger partial charge >= 0.3 is 6.09 Å². The van der Waals surface area contributed by atoms with Crippen LogP contribution in [0.15, 0.2) is 30.5 Å². The van der Waals surface area contributed by atoms with Crippen molar-refractivity contribution in [2.24, 2.45) is 0 Å². The largest absolute Gasteiger partial charge is 0.485 e. The molecule has 1 aliphatic rings. The number of carbonyl (C=O) groups is 2. The predicted octanol–water partition coefficient (Wildman–Crippen LogP) is 6.56. The maximum atomic E-state index is 14.1. The lowest BCUT2D eigenvalue weighted by atomic mass is 9.96. The third-order valence-corrected chi connectivity index (χ3v) is 6.65. The average Bonchev–Trinajstić information content (AvgIpc) is 3.17. The second-order valence-electron chi connectivity index (χ2n) is 10.9. The number of nitrogens with zero attached hydrogens (tertiary/aromatic N) is 3. The Morgan fingerprint density at radius 2 is 1.84 bits per heavy atom. The van der Waals surface area contributed by atoms with E-state index in [0.717, 1.165) is 24.8 Å². The number of piperidine rings is 1. The van der Waals surface area contributed by atoms with E-state index in [0.29, 0.717) is 35.8 Å². The number of hydrogen-bond acceptors (Lipinski definition) is 5. The Labute approximate surface area is 221 Å². The average molecular weight is 528 g/mol. The van der Waals surface area contributed by atoms with Crippen molar-refractivity contribution in [2.45, 2.75) is 85.0 Å². The minimum atomic E-state index is -0.688. The van der Waals surface area contributed by atoms with Gasteiger partial charge in [-0.25, -0.2) is 18.6 Å². The Morgan fingerprint density at radius 3 is 2.53 bits per heavy atom. The highest BCUT2D eigenvalue weighted by Crippen LogP contribution is 2.28. The molecule has 0 spiro atoms. The third kappa shape index (κ3) is 6.14. The number of likely N-dealkylation sites (tertiary alicyclic amines) is 1. The fourth-order valence-electron chi connectivity index (χ4n) is 4.90. The summed E-state index contributed by atoms with van der Waals surface area (Å²) in [6.07, 6.45) is 4.94. The molecule has 7 nitrogen and oxygen atoms in total. The summed E-state index contributed by atoms with van der Waals surface area (Å²) in [4.78, 5) is 32.5. The summed E-state index contributed by atoms with van der Waals surface area (Å²) in [5, 5.41) is 0. The van der Waals surface area contributed by atoms with Gasteiger partial charge in [-0.3, -0.25) is 9.20 Å². The van der Waals surface area contributed by atoms with Crippen molar-refractivity contribution in [1.82, 2.24) is 14.3 Å². The monoisotopic (exact) mass is 527 g/mol. The van der Waals surface area contributed by atoms with Crippen molar-refractivity contribution in [2.75, 3.05) is 6.54 Å². The van der Waals surface area contributed by atoms with Gasteiger partial charge in [-0.2, -0.15) is 0 Å². The van der Waals surface area contributed by atoms with Crippen molar-refractivity contribution in [3.8, 4) is 5.75 Å². The molecule has 9 heteroatoms. The van der Waals surface area contributed by atoms with Gasteiger partial charge in [0.05, 0.1) is 11.3 Å². The summed E-state index contributed by atoms with van der Waals surface area (Å²) in [7, 11) is 0. The summed E-state index contributed by atoms with van der Waals surface area (Å²) in [5.41, 5.74) is 1.42. The summed E-state index contributed by atoms with van der Waals surface area (Å²) in [5.74, 6) is -1.14. The van der Waals surface area contributed by atoms with E-state index in [2.05, 4.69) is 4.98 Å². The normalized spacial score (nSPS) is 16.1. The second kappa shape index (κ2) is 11.1. The van der Waals surface area contributed by atoms with Gasteiger partial charge in [0, 0.05) is 25.2 Å². The van der Waals surface area contributed by atoms with Gasteiger partial charge in [0.1, 0.15) is 29.5 Å². The molecule has 0 unspecified atom stereocenters. The number of Topliss-reactive ketones (excluding diaryl/α,β-unsaturated/α-hetero) is 1. The number of benzene rings is 1. The summed E-state index contributed by atoms with van der Waals surface area (Å²) >= 11 is 0. The molecule has 1 saturated heterocycles. The van der Waals surface area contributed by atoms with Crippen LogP contribution in [-0.2, 0) is 11.3 Å². The van der Waals surface area contributed by atoms with E-state index < -0.39 is 17.2 Å². The summed E-state index contributed by atoms with van der Waals surface area (Å²) < 4.78 is 41.3. The first-order valence-corrected chi connectivity index (χ1v) is 13.0. The molecule has 3 aromatic rings. The zero-order valence-electron chi connectivity index (χ0n) is 22.6. The fraction of sp³-hybridized carbons (Fsp3) is 0.483. The molecule has 1 fully saturated rings. The van der Waals surface area contributed by atoms with Gasteiger partial charge in [-0.1, -0.05) is 6.07 Å². The number of fused-ring (bicyclic) bond motifs is 1. The molecule has 0 N–H and O–H groups in total. The minimum Gasteiger partial charge on any atom is -0.485 e. The fourth-order valence-corrected chi connectivity index (χ4v) is 4.90. The molecule has 1 aliphatic heterocycles. The van der Waals surface area contributed by atoms with Gasteiger partial charge < -0.3 is 14.4 Å². The quantitative estimate of drug-likeness (QED) is 0.325. The Kier molecular flexibility index (Phi) is 8.04. The van der Waals surface area contributed by atoms with Crippen LogP contribution in [0.1, 0.15) is 80.2 Å². The van der Waals surface area contributed by atoms with Crippen LogP contribution >= 0.6 is 0 Å². The number of carbonyl (C=O) groups excluding carboxylic acids is 2. The van der Waals surface area contributed by atoms with Crippen molar-refractivity contribution < 1.29 is 27.8 Å². The molecule has 3 heterocycles. The number of hydrogen-bond donors (Lipinski definition) is 0. The first kappa shape index (κ1) is 27.5. The molecule has 2 aromatic heterocycles. The number of ketones is 1. The smallest absolute Gasteiger partial charge is 0.410 e. The number of ether oxygens (including phenoxy) is 2. The van der Waals surface area contributed by atoms with E-state index in [-0.39, 0.29) is 36.5 Å². The SMILES string of the molecule is Cc1cc(OCc2c(F)cccc2F)c2nc(C)c(C(=O)CC[C@H]3CCCCN3C(=O)OC(C)(C)C)n2c1. The number of aromatic nitrogens is 2. The van der Waals surface area contributed by atoms with Crippen LogP contribution in [0.4, 0.5) is 13.6 Å². The number of aryl methyl sites for hydroxylation is 2. The molecule has 1 aromatic carbocycles. The van der Waals surface area contributed by atoms with Gasteiger partial charge in [0.2, 0.25) is 0 Å². The molecular formula is C29H35F2N3O4. The molecule has 4 rings (SSSR count). The molecule has 0 bridgehead atoms. The molecule has 1 amide bonds. The van der Waals surface area contributed by atoms with Crippen molar-refractivity contribution >= 4 is 17.5 Å². The van der Waals surface area contributed by atoms with E-state index >= 15 is 0 Å². The molecular weight excluding hydrogens is 492 g/mol. The number of amides is 1. The Hall–Kier alpha value is -3.49. The molecule has 1 atom stereocenters. The Bertz CT molecular complexity index is 1330. The van der Waals surface area contributed by atoms with E-state index in [9.17, 15) is 18.4 Å². The summed E-state index contributed by atoms with van der Waals surface area (Å²) in [6.45, 7) is 9.43. The first-order valence-electron chi connectivity index (χ1n) is 13.0. The van der Waals surface area contributed by atoms with Crippen LogP contribution in [-0.4, -0.2) is 44.3 Å². The van der Waals surface area contributed by atoms with Crippen LogP contribution in [0.3, 0.4) is 0 Å². The van der Waals surface area contributed by atoms with Gasteiger partial charge in [0.15, 0.2) is 17.2 Å². The van der Waals surface area contributed by atoms with Crippen LogP contribution in [0.2, 0.25) is 0 Å². The van der Waals surface area contributed by atoms with E-state index in [1.54, 1.807) is 28.5 Å². The Balaban J connectivity index is 1.53. The lowest BCUT2D eigenvalue weighted by Gasteiger charge is -2.36. The van der Waals surface area contributed by atoms with Crippen LogP contribution in [0.25, 0.3) is 5.65 Å². The topological polar surface area (TPSA) is 73.1 Å². The Morgan fingerprint density at radius 1 is 1.13 bits per heavy atom. The highest BCUT2D eigenvalue weighted by molar-refractivity contribution is 5.96. The van der Waals surface area contributed by atoms with E-state index in [1.165, 1.54) is 18.2 Å². The molecule has 0 saturated carbocycles. The summed E-state index contributed by atoms with van der Waals surface area (Å²) in [6, 6.07) is 5.32. The van der Waals surface area contributed by atoms with E-state index in [4.69, 9.17) is 9.47 Å². The standard InChI is InChI=1S/C29H35F2N3O4/c1-18-15-25(37-17-21-22(30)10-8-11-23(21)31)27-32-19(2)26(34(27)16-18)24(35)13-12-20-9-6-7-14-33(20)28(36)38-29(3,4)5/h8,10-11,15-16,20H,6-7,9,12-14,17H2,1-5H3/t20-/m1/s1. The highest BCUT2D eigenvalue weighted by atomic mass is 19.1. The first-order chi connectivity index (χ1) is 17.9. The minimum absolute atomic E-state index is 0.0710. The van der Waals surface area contributed by atoms with Crippen LogP contribution < -0.4 is 4.74 Å². The van der Waals surface area contributed by atoms with Crippen LogP contribution in [0, 0.1) is 25.5 Å². The number of halogens is 2. The van der Waals surface area contributed by atoms with Crippen LogP contribution in [0.5, 0.6) is 5.75 Å². The number of imidazole rings is 1. The lowest BCUT2D eigenvalue weighted by molar-refractivity contribution is 0.00859. The maximum Gasteiger partial charge on any atom is 0.410 e. The second-order valence-corrected chi connectivity index (χ2v) is 10.9. The van der Waals surface area contributed by atoms with Gasteiger partial charge in [-0.05, 0) is 84.1 Å². The van der Waals surface area contributed by atoms with Crippen molar-refractivity contribution in [3.63, 3.8) is 0 Å². The van der Waals surface area contributed by atoms with Crippen molar-refractivity contribution in [1.29, 1.82) is 0 Å². The van der Waals surface area contributed by atoms with Crippen molar-refractivity contribution in [3.05, 3.63) is 64.6 Å². The molecule has 38 heavy (non-hydrogen) atoms. The highest BCUT2D eigenvalue weighted by Gasteiger charge is 2.31. The molecule has 204 valence electrons. The number of rotatable bonds is 7. The lowest BCUT2D eigenvalue weighted by Crippen LogP contribution is -2.46. The number of pyridine rings is 1. The maximum absolute atomic E-state index is 14.1. The zero-order valence-corrected chi connectivity index (χ0v) is 22.6. The molecule has 0 radical (unpaired) electrons. The zero-order chi connectivity index (χ0) is 27.6. The van der Waals surface area contributed by atoms with Gasteiger partial charge in [0.25, 0.3) is 0 Å². The third-order valence-electron chi connectivity index (χ3n) is 6.65. The van der Waals surface area contributed by atoms with Gasteiger partial charge in [-0.15, -0.1) is 0 Å². The predicted molar refractivity (Wildman–Crippen MR) is 139 cm³/mol. The van der Waals surface area contributed by atoms with E-state index in [1.807, 2.05) is 27.7 Å².